The first kappa shape index (κ1) is 19.2. The summed E-state index contributed by atoms with van der Waals surface area (Å²) in [4.78, 5) is 11.4. The second-order valence-electron chi connectivity index (χ2n) is 8.42. The van der Waals surface area contributed by atoms with Crippen LogP contribution in [0.2, 0.25) is 0 Å². The Labute approximate surface area is 147 Å². The Morgan fingerprint density at radius 2 is 1.79 bits per heavy atom. The molecule has 1 aromatic carbocycles. The lowest BCUT2D eigenvalue weighted by Gasteiger charge is -2.38. The van der Waals surface area contributed by atoms with Crippen molar-refractivity contribution < 1.29 is 14.3 Å². The summed E-state index contributed by atoms with van der Waals surface area (Å²) in [5, 5.41) is 0. The van der Waals surface area contributed by atoms with Gasteiger partial charge in [0.05, 0.1) is 6.16 Å². The minimum absolute atomic E-state index is 0.0904. The fraction of sp³-hybridized carbons (Fsp3) is 0.650. The van der Waals surface area contributed by atoms with Crippen LogP contribution < -0.4 is 9.47 Å². The van der Waals surface area contributed by atoms with Crippen LogP contribution in [0, 0.1) is 20.8 Å². The molecule has 0 saturated heterocycles. The van der Waals surface area contributed by atoms with Gasteiger partial charge in [0, 0.05) is 46.2 Å². The molecule has 1 aliphatic rings. The van der Waals surface area contributed by atoms with Crippen LogP contribution in [0.4, 0.5) is 0 Å². The summed E-state index contributed by atoms with van der Waals surface area (Å²) in [6.07, 6.45) is 4.35. The van der Waals surface area contributed by atoms with Gasteiger partial charge in [-0.3, -0.25) is 4.79 Å². The lowest BCUT2D eigenvalue weighted by Crippen LogP contribution is -2.38. The molecule has 24 heavy (non-hydrogen) atoms. The van der Waals surface area contributed by atoms with Crippen LogP contribution in [0.5, 0.6) is 11.5 Å². The van der Waals surface area contributed by atoms with Gasteiger partial charge in [0.2, 0.25) is 0 Å². The summed E-state index contributed by atoms with van der Waals surface area (Å²) in [5.41, 5.74) is 4.27. The number of rotatable bonds is 4. The zero-order chi connectivity index (χ0) is 18.3. The van der Waals surface area contributed by atoms with Gasteiger partial charge in [-0.1, -0.05) is 0 Å². The molecule has 0 radical (unpaired) electrons. The third-order valence-corrected chi connectivity index (χ3v) is 6.69. The summed E-state index contributed by atoms with van der Waals surface area (Å²) in [7, 11) is -0.802. The maximum absolute atomic E-state index is 11.4. The first-order chi connectivity index (χ1) is 10.9. The van der Waals surface area contributed by atoms with E-state index in [1.165, 1.54) is 18.6 Å². The van der Waals surface area contributed by atoms with E-state index >= 15 is 0 Å². The minimum atomic E-state index is -0.802. The zero-order valence-corrected chi connectivity index (χ0v) is 17.4. The fourth-order valence-corrected chi connectivity index (χ4v) is 4.47. The first-order valence-electron chi connectivity index (χ1n) is 8.74. The van der Waals surface area contributed by atoms with Crippen molar-refractivity contribution in [2.45, 2.75) is 59.5 Å². The van der Waals surface area contributed by atoms with Crippen molar-refractivity contribution in [2.75, 3.05) is 26.2 Å². The maximum atomic E-state index is 11.4. The van der Waals surface area contributed by atoms with E-state index in [2.05, 4.69) is 33.8 Å². The highest BCUT2D eigenvalue weighted by Gasteiger charge is 2.36. The summed E-state index contributed by atoms with van der Waals surface area (Å²) < 4.78 is 12.0. The third-order valence-electron chi connectivity index (χ3n) is 5.12. The lowest BCUT2D eigenvalue weighted by atomic mass is 9.86. The Kier molecular flexibility index (Phi) is 5.35. The highest BCUT2D eigenvalue weighted by molar-refractivity contribution is 7.73. The van der Waals surface area contributed by atoms with Gasteiger partial charge in [0.1, 0.15) is 17.1 Å². The molecule has 1 unspecified atom stereocenters. The molecule has 4 heteroatoms. The van der Waals surface area contributed by atoms with E-state index in [9.17, 15) is 4.79 Å². The molecule has 0 fully saturated rings. The second kappa shape index (κ2) is 6.67. The molecule has 0 N–H and O–H groups in total. The third kappa shape index (κ3) is 4.11. The number of ether oxygens (including phenoxy) is 2. The minimum Gasteiger partial charge on any atom is -0.487 e. The molecule has 134 valence electrons. The van der Waals surface area contributed by atoms with Crippen molar-refractivity contribution in [2.24, 2.45) is 0 Å². The largest absolute Gasteiger partial charge is 0.487 e. The average Bonchev–Trinajstić information content (AvgIpc) is 2.47. The van der Waals surface area contributed by atoms with E-state index in [0.29, 0.717) is 5.75 Å². The summed E-state index contributed by atoms with van der Waals surface area (Å²) >= 11 is 0. The van der Waals surface area contributed by atoms with Crippen molar-refractivity contribution >= 4 is 13.2 Å². The van der Waals surface area contributed by atoms with Gasteiger partial charge in [-0.15, -0.1) is 0 Å². The summed E-state index contributed by atoms with van der Waals surface area (Å²) in [6.45, 7) is 17.0. The van der Waals surface area contributed by atoms with Crippen LogP contribution in [0.25, 0.3) is 0 Å². The van der Waals surface area contributed by atoms with Crippen LogP contribution in [-0.2, 0) is 11.2 Å². The monoisotopic (exact) mass is 351 g/mol. The topological polar surface area (TPSA) is 35.5 Å². The van der Waals surface area contributed by atoms with Gasteiger partial charge >= 0.3 is 5.97 Å². The Balaban J connectivity index is 2.37. The fourth-order valence-electron chi connectivity index (χ4n) is 3.33. The number of esters is 1. The van der Waals surface area contributed by atoms with Crippen LogP contribution in [0.3, 0.4) is 0 Å². The predicted octanol–water partition coefficient (Wildman–Crippen LogP) is 4.92. The van der Waals surface area contributed by atoms with Gasteiger partial charge in [-0.05, 0) is 57.2 Å². The molecular formula is C20H32O3P+. The molecule has 0 saturated carbocycles. The molecule has 0 aromatic heterocycles. The number of benzene rings is 1. The Morgan fingerprint density at radius 3 is 2.33 bits per heavy atom. The van der Waals surface area contributed by atoms with Gasteiger partial charge in [0.15, 0.2) is 0 Å². The molecule has 2 rings (SSSR count). The van der Waals surface area contributed by atoms with E-state index in [-0.39, 0.29) is 11.6 Å². The lowest BCUT2D eigenvalue weighted by molar-refractivity contribution is -0.132. The zero-order valence-electron chi connectivity index (χ0n) is 16.5. The van der Waals surface area contributed by atoms with Crippen molar-refractivity contribution in [3.63, 3.8) is 0 Å². The first-order valence-corrected chi connectivity index (χ1v) is 12.1. The second-order valence-corrected chi connectivity index (χ2v) is 13.4. The van der Waals surface area contributed by atoms with Crippen molar-refractivity contribution in [3.8, 4) is 11.5 Å². The molecule has 3 nitrogen and oxygen atoms in total. The Bertz CT molecular complexity index is 658. The number of carbonyl (C=O) groups excluding carboxylic acids is 1. The van der Waals surface area contributed by atoms with Gasteiger partial charge in [-0.2, -0.15) is 0 Å². The van der Waals surface area contributed by atoms with E-state index in [1.54, 1.807) is 0 Å². The van der Waals surface area contributed by atoms with E-state index < -0.39 is 7.26 Å². The van der Waals surface area contributed by atoms with Crippen molar-refractivity contribution in [3.05, 3.63) is 22.3 Å². The van der Waals surface area contributed by atoms with Crippen LogP contribution in [0.1, 0.15) is 48.9 Å². The molecule has 0 bridgehead atoms. The van der Waals surface area contributed by atoms with E-state index in [1.807, 2.05) is 13.8 Å². The molecule has 1 heterocycles. The molecule has 0 aliphatic carbocycles. The number of hydrogen-bond acceptors (Lipinski definition) is 3. The number of hydrogen-bond donors (Lipinski definition) is 0. The smallest absolute Gasteiger partial charge is 0.308 e. The Hall–Kier alpha value is -1.08. The standard InChI is InChI=1S/C20H32O3P/c1-13-14(2)19-17(15(3)18(13)22-16(4)21)9-10-20(5,23-19)11-12-24(6,7)8/h9-12H2,1-8H3/q+1. The Morgan fingerprint density at radius 1 is 1.17 bits per heavy atom. The number of carbonyl (C=O) groups is 1. The van der Waals surface area contributed by atoms with E-state index in [0.717, 1.165) is 41.7 Å². The molecule has 1 aliphatic heterocycles. The van der Waals surface area contributed by atoms with E-state index in [4.69, 9.17) is 9.47 Å². The van der Waals surface area contributed by atoms with Crippen molar-refractivity contribution in [1.82, 2.24) is 0 Å². The van der Waals surface area contributed by atoms with Gasteiger partial charge < -0.3 is 9.47 Å². The predicted molar refractivity (Wildman–Crippen MR) is 103 cm³/mol. The van der Waals surface area contributed by atoms with Crippen LogP contribution in [-0.4, -0.2) is 37.7 Å². The quantitative estimate of drug-likeness (QED) is 0.439. The van der Waals surface area contributed by atoms with Crippen LogP contribution >= 0.6 is 7.26 Å². The normalized spacial score (nSPS) is 20.3. The van der Waals surface area contributed by atoms with Gasteiger partial charge in [-0.25, -0.2) is 0 Å². The van der Waals surface area contributed by atoms with Crippen molar-refractivity contribution in [1.29, 1.82) is 0 Å². The average molecular weight is 351 g/mol. The molecule has 0 amide bonds. The molecule has 0 spiro atoms. The summed E-state index contributed by atoms with van der Waals surface area (Å²) in [6, 6.07) is 0. The highest BCUT2D eigenvalue weighted by atomic mass is 31.2. The summed E-state index contributed by atoms with van der Waals surface area (Å²) in [5.74, 6) is 1.46. The maximum Gasteiger partial charge on any atom is 0.308 e. The molecule has 1 aromatic rings. The highest BCUT2D eigenvalue weighted by Crippen LogP contribution is 2.50. The van der Waals surface area contributed by atoms with Gasteiger partial charge in [0.25, 0.3) is 0 Å². The SMILES string of the molecule is CC(=O)Oc1c(C)c(C)c2c(c1C)CCC(C)(CC[P+](C)(C)C)O2. The number of fused-ring (bicyclic) bond motifs is 1. The molecule has 1 atom stereocenters. The molecular weight excluding hydrogens is 319 g/mol. The van der Waals surface area contributed by atoms with Crippen LogP contribution in [0.15, 0.2) is 0 Å².